The van der Waals surface area contributed by atoms with Gasteiger partial charge in [0, 0.05) is 44.9 Å². The predicted molar refractivity (Wildman–Crippen MR) is 199 cm³/mol. The molecule has 13 heteroatoms. The average molecular weight is 729 g/mol. The lowest BCUT2D eigenvalue weighted by Crippen LogP contribution is -2.49. The smallest absolute Gasteiger partial charge is 0.367 e. The van der Waals surface area contributed by atoms with Gasteiger partial charge in [0.05, 0.1) is 44.6 Å². The molecule has 2 aliphatic heterocycles. The molecule has 0 fully saturated rings. The van der Waals surface area contributed by atoms with Crippen LogP contribution in [0.25, 0.3) is 5.69 Å². The van der Waals surface area contributed by atoms with Crippen molar-refractivity contribution in [1.82, 2.24) is 29.4 Å². The van der Waals surface area contributed by atoms with Crippen LogP contribution in [0.2, 0.25) is 0 Å². The number of rotatable bonds is 11. The van der Waals surface area contributed by atoms with Crippen molar-refractivity contribution in [2.45, 2.75) is 78.6 Å². The molecule has 2 amide bonds. The van der Waals surface area contributed by atoms with Crippen LogP contribution >= 0.6 is 0 Å². The second-order valence-electron chi connectivity index (χ2n) is 15.9. The van der Waals surface area contributed by atoms with Gasteiger partial charge in [0.25, 0.3) is 11.7 Å². The van der Waals surface area contributed by atoms with E-state index in [9.17, 15) is 9.59 Å². The maximum atomic E-state index is 13.9. The normalized spacial score (nSPS) is 14.4. The number of fused-ring (bicyclic) bond motifs is 2. The zero-order valence-electron chi connectivity index (χ0n) is 32.7. The third kappa shape index (κ3) is 8.11. The summed E-state index contributed by atoms with van der Waals surface area (Å²) < 4.78 is 29.6. The van der Waals surface area contributed by atoms with E-state index in [0.717, 1.165) is 46.1 Å². The molecule has 4 heterocycles. The van der Waals surface area contributed by atoms with Gasteiger partial charge in [-0.15, -0.1) is 0 Å². The van der Waals surface area contributed by atoms with E-state index < -0.39 is 0 Å². The Morgan fingerprint density at radius 3 is 2.19 bits per heavy atom. The molecule has 0 saturated carbocycles. The largest absolute Gasteiger partial charge is 0.491 e. The molecule has 0 atom stereocenters. The highest BCUT2D eigenvalue weighted by Crippen LogP contribution is 2.34. The summed E-state index contributed by atoms with van der Waals surface area (Å²) in [6, 6.07) is 14.0. The summed E-state index contributed by atoms with van der Waals surface area (Å²) in [7, 11) is 5.40. The summed E-state index contributed by atoms with van der Waals surface area (Å²) in [5.74, 6) is 2.26. The molecule has 0 aliphatic carbocycles. The number of para-hydroxylation sites is 1. The summed E-state index contributed by atoms with van der Waals surface area (Å²) in [5, 5.41) is 9.39. The molecule has 0 N–H and O–H groups in total. The third-order valence-electron chi connectivity index (χ3n) is 9.87. The van der Waals surface area contributed by atoms with Crippen LogP contribution in [0.1, 0.15) is 90.9 Å². The molecule has 0 bridgehead atoms. The number of benzene rings is 2. The number of hydrogen-bond acceptors (Lipinski definition) is 8. The molecule has 13 nitrogen and oxygen atoms in total. The Labute approximate surface area is 312 Å². The highest BCUT2D eigenvalue weighted by molar-refractivity contribution is 5.94. The van der Waals surface area contributed by atoms with Gasteiger partial charge in [0.2, 0.25) is 0 Å². The summed E-state index contributed by atoms with van der Waals surface area (Å²) in [5.41, 5.74) is 4.94. The van der Waals surface area contributed by atoms with Gasteiger partial charge in [-0.05, 0) is 34.1 Å². The first-order valence-electron chi connectivity index (χ1n) is 18.4. The third-order valence-corrected chi connectivity index (χ3v) is 9.87. The van der Waals surface area contributed by atoms with Crippen LogP contribution < -0.4 is 14.0 Å². The number of likely N-dealkylation sites (N-methyl/N-ethyl adjacent to an activating group) is 2. The van der Waals surface area contributed by atoms with Crippen LogP contribution in [0.3, 0.4) is 0 Å². The zero-order chi connectivity index (χ0) is 38.1. The lowest BCUT2D eigenvalue weighted by atomic mass is 9.86. The quantitative estimate of drug-likeness (QED) is 0.209. The van der Waals surface area contributed by atoms with E-state index in [4.69, 9.17) is 24.0 Å². The first-order valence-corrected chi connectivity index (χ1v) is 18.4. The number of aromatic nitrogens is 5. The van der Waals surface area contributed by atoms with Gasteiger partial charge >= 0.3 is 11.7 Å². The fraction of sp³-hybridized carbons (Fsp3) is 0.525. The maximum absolute atomic E-state index is 13.9. The van der Waals surface area contributed by atoms with E-state index in [2.05, 4.69) is 52.7 Å². The molecular weight excluding hydrogens is 674 g/mol. The molecule has 0 radical (unpaired) electrons. The Morgan fingerprint density at radius 2 is 1.47 bits per heavy atom. The van der Waals surface area contributed by atoms with E-state index in [1.54, 1.807) is 33.3 Å². The monoisotopic (exact) mass is 728 g/mol. The van der Waals surface area contributed by atoms with Gasteiger partial charge in [-0.25, -0.2) is 4.57 Å². The molecule has 2 aromatic heterocycles. The van der Waals surface area contributed by atoms with Crippen LogP contribution in [0, 0.1) is 0 Å². The van der Waals surface area contributed by atoms with E-state index in [1.807, 2.05) is 48.0 Å². The van der Waals surface area contributed by atoms with Crippen molar-refractivity contribution in [3.63, 3.8) is 0 Å². The lowest BCUT2D eigenvalue weighted by Gasteiger charge is -2.24. The van der Waals surface area contributed by atoms with E-state index in [-0.39, 0.29) is 29.3 Å². The van der Waals surface area contributed by atoms with Crippen LogP contribution in [0.15, 0.2) is 42.5 Å². The number of aryl methyl sites for hydroxylation is 1. The second kappa shape index (κ2) is 15.3. The topological polar surface area (TPSA) is 117 Å². The maximum Gasteiger partial charge on any atom is 0.367 e. The van der Waals surface area contributed by atoms with Crippen molar-refractivity contribution in [2.24, 2.45) is 7.05 Å². The minimum absolute atomic E-state index is 0.0654. The molecule has 4 aromatic rings. The molecular formula is C40H54N7O6+. The van der Waals surface area contributed by atoms with Crippen LogP contribution in [-0.4, -0.2) is 94.8 Å². The summed E-state index contributed by atoms with van der Waals surface area (Å²) in [6.45, 7) is 16.6. The molecule has 0 saturated heterocycles. The predicted octanol–water partition coefficient (Wildman–Crippen LogP) is 4.39. The fourth-order valence-corrected chi connectivity index (χ4v) is 6.82. The molecule has 6 rings (SSSR count). The van der Waals surface area contributed by atoms with Gasteiger partial charge in [0.1, 0.15) is 37.0 Å². The molecule has 284 valence electrons. The SMILES string of the molecule is CN(CCOc1cc(-n2nc(C(=O)N(C)CCOc3ccccc3C(C)(C)C)[n+]3c2COCC3)ccc1C(C)(C)C)C(=O)c1nn(C)c2c1COCC2. The Hall–Kier alpha value is -4.75. The first kappa shape index (κ1) is 38.0. The van der Waals surface area contributed by atoms with Gasteiger partial charge in [0.15, 0.2) is 5.69 Å². The minimum Gasteiger partial charge on any atom is -0.491 e. The summed E-state index contributed by atoms with van der Waals surface area (Å²) in [4.78, 5) is 30.6. The molecule has 0 spiro atoms. The number of amides is 2. The average Bonchev–Trinajstić information content (AvgIpc) is 3.68. The second-order valence-corrected chi connectivity index (χ2v) is 15.9. The van der Waals surface area contributed by atoms with Crippen LogP contribution in [0.5, 0.6) is 11.5 Å². The first-order chi connectivity index (χ1) is 25.1. The fourth-order valence-electron chi connectivity index (χ4n) is 6.82. The van der Waals surface area contributed by atoms with Gasteiger partial charge in [-0.1, -0.05) is 70.5 Å². The van der Waals surface area contributed by atoms with Crippen molar-refractivity contribution in [1.29, 1.82) is 0 Å². The lowest BCUT2D eigenvalue weighted by molar-refractivity contribution is -0.719. The van der Waals surface area contributed by atoms with E-state index in [1.165, 1.54) is 0 Å². The number of ether oxygens (including phenoxy) is 4. The summed E-state index contributed by atoms with van der Waals surface area (Å²) in [6.07, 6.45) is 0.740. The number of carbonyl (C=O) groups excluding carboxylic acids is 2. The Morgan fingerprint density at radius 1 is 0.830 bits per heavy atom. The van der Waals surface area contributed by atoms with Crippen molar-refractivity contribution >= 4 is 11.8 Å². The van der Waals surface area contributed by atoms with E-state index in [0.29, 0.717) is 69.9 Å². The molecule has 53 heavy (non-hydrogen) atoms. The molecule has 0 unspecified atom stereocenters. The standard InChI is InChI=1S/C40H54N7O6/c1-39(2,3)29-12-10-11-13-32(29)52-22-18-44(8)38(49)36-42-47(34-26-51-21-19-46(34)36)27-14-15-30(40(4,5)6)33(24-27)53-23-17-43(7)37(48)35-28-25-50-20-16-31(28)45(9)41-35/h10-15,24H,16-23,25-26H2,1-9H3/q+1. The van der Waals surface area contributed by atoms with E-state index >= 15 is 0 Å². The highest BCUT2D eigenvalue weighted by Gasteiger charge is 2.36. The van der Waals surface area contributed by atoms with Crippen molar-refractivity contribution < 1.29 is 33.1 Å². The highest BCUT2D eigenvalue weighted by atomic mass is 16.5. The summed E-state index contributed by atoms with van der Waals surface area (Å²) >= 11 is 0. The Kier molecular flexibility index (Phi) is 11.0. The van der Waals surface area contributed by atoms with Gasteiger partial charge < -0.3 is 28.7 Å². The van der Waals surface area contributed by atoms with Crippen LogP contribution in [0.4, 0.5) is 0 Å². The number of hydrogen-bond donors (Lipinski definition) is 0. The van der Waals surface area contributed by atoms with Gasteiger partial charge in [-0.2, -0.15) is 5.10 Å². The Bertz CT molecular complexity index is 1970. The minimum atomic E-state index is -0.219. The Balaban J connectivity index is 1.18. The van der Waals surface area contributed by atoms with Crippen molar-refractivity contribution in [2.75, 3.05) is 53.6 Å². The number of nitrogens with zero attached hydrogens (tertiary/aromatic N) is 7. The molecule has 2 aliphatic rings. The molecule has 2 aromatic carbocycles. The van der Waals surface area contributed by atoms with Crippen molar-refractivity contribution in [3.05, 3.63) is 82.2 Å². The van der Waals surface area contributed by atoms with Crippen molar-refractivity contribution in [3.8, 4) is 17.2 Å². The zero-order valence-corrected chi connectivity index (χ0v) is 32.7. The number of carbonyl (C=O) groups is 2. The van der Waals surface area contributed by atoms with Gasteiger partial charge in [-0.3, -0.25) is 14.3 Å². The van der Waals surface area contributed by atoms with Crippen LogP contribution in [-0.2, 0) is 53.5 Å².